The highest BCUT2D eigenvalue weighted by molar-refractivity contribution is 5.97. The van der Waals surface area contributed by atoms with Crippen molar-refractivity contribution >= 4 is 16.9 Å². The van der Waals surface area contributed by atoms with Gasteiger partial charge in [0.25, 0.3) is 5.91 Å². The van der Waals surface area contributed by atoms with Crippen LogP contribution in [-0.2, 0) is 4.74 Å². The van der Waals surface area contributed by atoms with Crippen LogP contribution in [0.5, 0.6) is 0 Å². The van der Waals surface area contributed by atoms with Crippen LogP contribution in [0.25, 0.3) is 11.0 Å². The van der Waals surface area contributed by atoms with Gasteiger partial charge >= 0.3 is 0 Å². The standard InChI is InChI=1S/C17H16FN3O4/c1-9-3-4-12(18)15-11(9)7-14(24-15)17(22)21-5-6-23-8-13(21)16-19-10(2)25-20-16/h3-4,7,13H,5-6,8H2,1-2H3. The third-order valence-corrected chi connectivity index (χ3v) is 4.29. The number of hydrogen-bond donors (Lipinski definition) is 0. The minimum absolute atomic E-state index is 0.0790. The number of morpholine rings is 1. The number of nitrogens with zero attached hydrogens (tertiary/aromatic N) is 3. The number of rotatable bonds is 2. The third kappa shape index (κ3) is 2.68. The van der Waals surface area contributed by atoms with E-state index in [9.17, 15) is 9.18 Å². The first-order valence-electron chi connectivity index (χ1n) is 7.92. The van der Waals surface area contributed by atoms with Gasteiger partial charge in [-0.25, -0.2) is 4.39 Å². The number of amides is 1. The van der Waals surface area contributed by atoms with Gasteiger partial charge in [0.15, 0.2) is 23.0 Å². The number of carbonyl (C=O) groups excluding carboxylic acids is 1. The molecule has 1 aromatic carbocycles. The number of carbonyl (C=O) groups is 1. The summed E-state index contributed by atoms with van der Waals surface area (Å²) in [5.74, 6) is 0.0199. The molecule has 25 heavy (non-hydrogen) atoms. The van der Waals surface area contributed by atoms with Crippen LogP contribution in [0.3, 0.4) is 0 Å². The average Bonchev–Trinajstić information content (AvgIpc) is 3.25. The molecule has 0 N–H and O–H groups in total. The molecule has 3 aromatic rings. The molecule has 0 spiro atoms. The Kier molecular flexibility index (Phi) is 3.76. The molecule has 0 saturated carbocycles. The smallest absolute Gasteiger partial charge is 0.290 e. The molecular formula is C17H16FN3O4. The summed E-state index contributed by atoms with van der Waals surface area (Å²) in [4.78, 5) is 18.7. The summed E-state index contributed by atoms with van der Waals surface area (Å²) in [6.45, 7) is 4.53. The summed E-state index contributed by atoms with van der Waals surface area (Å²) in [6.07, 6.45) is 0. The number of ether oxygens (including phenoxy) is 1. The zero-order chi connectivity index (χ0) is 17.6. The van der Waals surface area contributed by atoms with E-state index in [1.54, 1.807) is 24.0 Å². The molecule has 2 aromatic heterocycles. The SMILES string of the molecule is Cc1nc(C2COCCN2C(=O)c2cc3c(C)ccc(F)c3o2)no1. The largest absolute Gasteiger partial charge is 0.448 e. The van der Waals surface area contributed by atoms with Gasteiger partial charge in [0, 0.05) is 18.9 Å². The van der Waals surface area contributed by atoms with Gasteiger partial charge in [-0.05, 0) is 24.6 Å². The first-order valence-corrected chi connectivity index (χ1v) is 7.92. The van der Waals surface area contributed by atoms with E-state index in [0.717, 1.165) is 5.56 Å². The average molecular weight is 345 g/mol. The molecule has 1 unspecified atom stereocenters. The molecule has 4 rings (SSSR count). The van der Waals surface area contributed by atoms with Gasteiger partial charge in [-0.3, -0.25) is 4.79 Å². The van der Waals surface area contributed by atoms with Gasteiger partial charge in [-0.1, -0.05) is 11.2 Å². The number of fused-ring (bicyclic) bond motifs is 1. The van der Waals surface area contributed by atoms with Gasteiger partial charge < -0.3 is 18.6 Å². The number of benzene rings is 1. The lowest BCUT2D eigenvalue weighted by atomic mass is 10.1. The number of halogens is 1. The molecule has 1 fully saturated rings. The summed E-state index contributed by atoms with van der Waals surface area (Å²) in [5, 5.41) is 4.47. The van der Waals surface area contributed by atoms with E-state index >= 15 is 0 Å². The van der Waals surface area contributed by atoms with Crippen LogP contribution < -0.4 is 0 Å². The van der Waals surface area contributed by atoms with Crippen LogP contribution >= 0.6 is 0 Å². The van der Waals surface area contributed by atoms with Crippen molar-refractivity contribution in [3.8, 4) is 0 Å². The molecule has 7 nitrogen and oxygen atoms in total. The van der Waals surface area contributed by atoms with E-state index in [4.69, 9.17) is 13.7 Å². The third-order valence-electron chi connectivity index (χ3n) is 4.29. The lowest BCUT2D eigenvalue weighted by Crippen LogP contribution is -2.43. The van der Waals surface area contributed by atoms with Gasteiger partial charge in [-0.2, -0.15) is 4.98 Å². The van der Waals surface area contributed by atoms with Gasteiger partial charge in [0.2, 0.25) is 5.89 Å². The van der Waals surface area contributed by atoms with Gasteiger partial charge in [0.1, 0.15) is 6.04 Å². The first-order chi connectivity index (χ1) is 12.0. The fraction of sp³-hybridized carbons (Fsp3) is 0.353. The van der Waals surface area contributed by atoms with Crippen LogP contribution in [0.15, 0.2) is 27.1 Å². The monoisotopic (exact) mass is 345 g/mol. The maximum atomic E-state index is 14.0. The Morgan fingerprint density at radius 3 is 2.92 bits per heavy atom. The number of furan rings is 1. The van der Waals surface area contributed by atoms with E-state index in [-0.39, 0.29) is 23.9 Å². The second-order valence-corrected chi connectivity index (χ2v) is 5.98. The van der Waals surface area contributed by atoms with E-state index in [1.165, 1.54) is 6.07 Å². The fourth-order valence-electron chi connectivity index (χ4n) is 2.98. The summed E-state index contributed by atoms with van der Waals surface area (Å²) in [6, 6.07) is 4.08. The Morgan fingerprint density at radius 1 is 1.36 bits per heavy atom. The highest BCUT2D eigenvalue weighted by Gasteiger charge is 2.34. The van der Waals surface area contributed by atoms with Crippen molar-refractivity contribution in [2.24, 2.45) is 0 Å². The molecule has 0 radical (unpaired) electrons. The van der Waals surface area contributed by atoms with Gasteiger partial charge in [0.05, 0.1) is 13.2 Å². The van der Waals surface area contributed by atoms with E-state index in [0.29, 0.717) is 30.3 Å². The predicted molar refractivity (Wildman–Crippen MR) is 84.5 cm³/mol. The summed E-state index contributed by atoms with van der Waals surface area (Å²) >= 11 is 0. The van der Waals surface area contributed by atoms with Crippen LogP contribution in [-0.4, -0.2) is 40.7 Å². The van der Waals surface area contributed by atoms with Crippen LogP contribution in [0.1, 0.15) is 33.9 Å². The van der Waals surface area contributed by atoms with Crippen molar-refractivity contribution in [2.45, 2.75) is 19.9 Å². The first kappa shape index (κ1) is 15.8. The minimum atomic E-state index is -0.494. The van der Waals surface area contributed by atoms with Crippen molar-refractivity contribution in [3.63, 3.8) is 0 Å². The summed E-state index contributed by atoms with van der Waals surface area (Å²) < 4.78 is 29.9. The van der Waals surface area contributed by atoms with Crippen LogP contribution in [0.4, 0.5) is 4.39 Å². The zero-order valence-corrected chi connectivity index (χ0v) is 13.8. The van der Waals surface area contributed by atoms with Crippen molar-refractivity contribution in [3.05, 3.63) is 47.1 Å². The summed E-state index contributed by atoms with van der Waals surface area (Å²) in [5.41, 5.74) is 0.926. The number of hydrogen-bond acceptors (Lipinski definition) is 6. The Morgan fingerprint density at radius 2 is 2.20 bits per heavy atom. The lowest BCUT2D eigenvalue weighted by molar-refractivity contribution is -0.00719. The van der Waals surface area contributed by atoms with Crippen LogP contribution in [0, 0.1) is 19.7 Å². The molecule has 1 amide bonds. The molecule has 1 atom stereocenters. The van der Waals surface area contributed by atoms with Crippen molar-refractivity contribution in [2.75, 3.05) is 19.8 Å². The highest BCUT2D eigenvalue weighted by atomic mass is 19.1. The quantitative estimate of drug-likeness (QED) is 0.710. The molecule has 0 bridgehead atoms. The molecule has 3 heterocycles. The second-order valence-electron chi connectivity index (χ2n) is 5.98. The van der Waals surface area contributed by atoms with Crippen molar-refractivity contribution in [1.29, 1.82) is 0 Å². The van der Waals surface area contributed by atoms with Crippen molar-refractivity contribution < 1.29 is 22.9 Å². The Labute approximate surface area is 142 Å². The maximum Gasteiger partial charge on any atom is 0.290 e. The maximum absolute atomic E-state index is 14.0. The van der Waals surface area contributed by atoms with Crippen molar-refractivity contribution in [1.82, 2.24) is 15.0 Å². The molecule has 1 aliphatic heterocycles. The number of aromatic nitrogens is 2. The van der Waals surface area contributed by atoms with E-state index < -0.39 is 11.9 Å². The Balaban J connectivity index is 1.71. The molecular weight excluding hydrogens is 329 g/mol. The minimum Gasteiger partial charge on any atom is -0.448 e. The Hall–Kier alpha value is -2.74. The highest BCUT2D eigenvalue weighted by Crippen LogP contribution is 2.29. The normalized spacial score (nSPS) is 18.0. The van der Waals surface area contributed by atoms with E-state index in [2.05, 4.69) is 10.1 Å². The fourth-order valence-corrected chi connectivity index (χ4v) is 2.98. The molecule has 0 aliphatic carbocycles. The second kappa shape index (κ2) is 5.96. The zero-order valence-electron chi connectivity index (χ0n) is 13.8. The predicted octanol–water partition coefficient (Wildman–Crippen LogP) is 2.79. The Bertz CT molecular complexity index is 910. The van der Waals surface area contributed by atoms with Gasteiger partial charge in [-0.15, -0.1) is 0 Å². The molecule has 1 saturated heterocycles. The molecule has 130 valence electrons. The molecule has 1 aliphatic rings. The lowest BCUT2D eigenvalue weighted by Gasteiger charge is -2.32. The number of aryl methyl sites for hydroxylation is 2. The van der Waals surface area contributed by atoms with Crippen LogP contribution in [0.2, 0.25) is 0 Å². The topological polar surface area (TPSA) is 81.6 Å². The molecule has 8 heteroatoms. The summed E-state index contributed by atoms with van der Waals surface area (Å²) in [7, 11) is 0. The van der Waals surface area contributed by atoms with E-state index in [1.807, 2.05) is 6.92 Å².